The second kappa shape index (κ2) is 14.7. The van der Waals surface area contributed by atoms with Gasteiger partial charge >= 0.3 is 6.09 Å². The fourth-order valence-electron chi connectivity index (χ4n) is 4.71. The first-order valence-corrected chi connectivity index (χ1v) is 16.6. The molecule has 2 N–H and O–H groups in total. The van der Waals surface area contributed by atoms with Crippen molar-refractivity contribution in [2.24, 2.45) is 0 Å². The molecule has 2 aromatic heterocycles. The maximum Gasteiger partial charge on any atom is 0.411 e. The van der Waals surface area contributed by atoms with Crippen molar-refractivity contribution in [3.63, 3.8) is 0 Å². The molecule has 5 rings (SSSR count). The van der Waals surface area contributed by atoms with Crippen LogP contribution in [0.15, 0.2) is 91.3 Å². The number of hydrogen-bond donors (Lipinski definition) is 2. The lowest BCUT2D eigenvalue weighted by atomic mass is 9.98. The van der Waals surface area contributed by atoms with Crippen LogP contribution < -0.4 is 10.6 Å². The van der Waals surface area contributed by atoms with Crippen LogP contribution in [0.2, 0.25) is 5.02 Å². The summed E-state index contributed by atoms with van der Waals surface area (Å²) in [7, 11) is -2.21. The number of carbonyl (C=O) groups is 2. The lowest BCUT2D eigenvalue weighted by molar-refractivity contribution is -0.117. The second-order valence-electron chi connectivity index (χ2n) is 10.4. The lowest BCUT2D eigenvalue weighted by Crippen LogP contribution is -2.29. The van der Waals surface area contributed by atoms with Gasteiger partial charge in [-0.05, 0) is 70.4 Å². The highest BCUT2D eigenvalue weighted by molar-refractivity contribution is 7.89. The third-order valence-electron chi connectivity index (χ3n) is 6.87. The summed E-state index contributed by atoms with van der Waals surface area (Å²) < 4.78 is 30.7. The summed E-state index contributed by atoms with van der Waals surface area (Å²) in [6, 6.07) is 22.5. The van der Waals surface area contributed by atoms with Crippen molar-refractivity contribution in [3.8, 4) is 16.8 Å². The number of anilines is 1. The molecule has 0 unspecified atom stereocenters. The molecule has 5 aromatic rings. The summed E-state index contributed by atoms with van der Waals surface area (Å²) >= 11 is 6.23. The Morgan fingerprint density at radius 1 is 1.02 bits per heavy atom. The van der Waals surface area contributed by atoms with E-state index in [1.807, 2.05) is 30.3 Å². The maximum absolute atomic E-state index is 13.4. The number of aromatic nitrogens is 6. The number of ether oxygens (including phenoxy) is 1. The van der Waals surface area contributed by atoms with Gasteiger partial charge in [-0.3, -0.25) is 10.1 Å². The third-order valence-corrected chi connectivity index (χ3v) is 7.90. The van der Waals surface area contributed by atoms with Gasteiger partial charge in [-0.25, -0.2) is 13.2 Å². The van der Waals surface area contributed by atoms with Crippen LogP contribution in [0.5, 0.6) is 0 Å². The van der Waals surface area contributed by atoms with Crippen molar-refractivity contribution >= 4 is 45.2 Å². The molecule has 0 aliphatic heterocycles. The fourth-order valence-corrected chi connectivity index (χ4v) is 5.60. The van der Waals surface area contributed by atoms with Gasteiger partial charge in [-0.15, -0.1) is 5.10 Å². The first-order valence-electron chi connectivity index (χ1n) is 14.1. The number of rotatable bonds is 11. The van der Waals surface area contributed by atoms with E-state index in [-0.39, 0.29) is 11.4 Å². The molecule has 2 heterocycles. The van der Waals surface area contributed by atoms with E-state index in [1.165, 1.54) is 24.2 Å². The van der Waals surface area contributed by atoms with Gasteiger partial charge in [0.15, 0.2) is 9.84 Å². The number of sulfone groups is 1. The molecule has 0 saturated carbocycles. The highest BCUT2D eigenvalue weighted by Gasteiger charge is 2.21. The highest BCUT2D eigenvalue weighted by Crippen LogP contribution is 2.29. The monoisotopic (exact) mass is 672 g/mol. The zero-order valence-electron chi connectivity index (χ0n) is 25.2. The van der Waals surface area contributed by atoms with E-state index in [4.69, 9.17) is 11.6 Å². The van der Waals surface area contributed by atoms with E-state index in [9.17, 15) is 18.0 Å². The van der Waals surface area contributed by atoms with Crippen molar-refractivity contribution in [1.82, 2.24) is 35.7 Å². The molecule has 0 spiro atoms. The number of nitrogens with zero attached hydrogens (tertiary/aromatic N) is 6. The lowest BCUT2D eigenvalue weighted by Gasteiger charge is -2.19. The molecule has 13 nitrogen and oxygen atoms in total. The quantitative estimate of drug-likeness (QED) is 0.189. The number of carbonyl (C=O) groups excluding carboxylic acids is 2. The van der Waals surface area contributed by atoms with E-state index >= 15 is 0 Å². The summed E-state index contributed by atoms with van der Waals surface area (Å²) in [6.07, 6.45) is 5.27. The Bertz CT molecular complexity index is 2010. The van der Waals surface area contributed by atoms with Gasteiger partial charge < -0.3 is 10.1 Å². The first-order chi connectivity index (χ1) is 22.6. The van der Waals surface area contributed by atoms with Gasteiger partial charge in [-0.2, -0.15) is 14.9 Å². The Morgan fingerprint density at radius 2 is 1.79 bits per heavy atom. The topological polar surface area (TPSA) is 171 Å². The standard InChI is InChI=1S/C32H29ClN8O5S/c1-46-32(43)35-25-12-8-22(9-13-25)26-18-28(37-38-29(26)19-47(2,44)45)27(16-21-6-4-3-5-7-21)36-31(42)15-10-23-17-24(33)11-14-30(23)41-20-34-39-40-41/h3-15,17-18,20,27H,16,19H2,1-2H3,(H,35,43)(H,36,42)/b15-10+/t27-/m0/s1. The van der Waals surface area contributed by atoms with Crippen LogP contribution in [-0.2, 0) is 31.5 Å². The minimum atomic E-state index is -3.47. The molecule has 1 atom stereocenters. The van der Waals surface area contributed by atoms with Gasteiger partial charge in [0, 0.05) is 34.2 Å². The summed E-state index contributed by atoms with van der Waals surface area (Å²) in [5, 5.41) is 26.0. The summed E-state index contributed by atoms with van der Waals surface area (Å²) in [5.74, 6) is -0.769. The molecule has 0 bridgehead atoms. The van der Waals surface area contributed by atoms with Crippen molar-refractivity contribution in [1.29, 1.82) is 0 Å². The van der Waals surface area contributed by atoms with Crippen LogP contribution in [-0.4, -0.2) is 64.2 Å². The van der Waals surface area contributed by atoms with E-state index in [0.717, 1.165) is 11.8 Å². The summed E-state index contributed by atoms with van der Waals surface area (Å²) in [6.45, 7) is 0. The largest absolute Gasteiger partial charge is 0.453 e. The molecular weight excluding hydrogens is 644 g/mol. The molecule has 0 radical (unpaired) electrons. The molecule has 15 heteroatoms. The predicted molar refractivity (Wildman–Crippen MR) is 176 cm³/mol. The Morgan fingerprint density at radius 3 is 2.47 bits per heavy atom. The maximum atomic E-state index is 13.4. The molecule has 240 valence electrons. The smallest absolute Gasteiger partial charge is 0.411 e. The zero-order valence-corrected chi connectivity index (χ0v) is 26.8. The number of hydrogen-bond acceptors (Lipinski definition) is 10. The van der Waals surface area contributed by atoms with Crippen LogP contribution in [0.3, 0.4) is 0 Å². The van der Waals surface area contributed by atoms with Crippen LogP contribution in [0.25, 0.3) is 22.9 Å². The van der Waals surface area contributed by atoms with Gasteiger partial charge in [0.1, 0.15) is 6.33 Å². The van der Waals surface area contributed by atoms with Gasteiger partial charge in [0.2, 0.25) is 5.91 Å². The Hall–Kier alpha value is -5.47. The molecule has 47 heavy (non-hydrogen) atoms. The van der Waals surface area contributed by atoms with Crippen molar-refractivity contribution in [2.75, 3.05) is 18.7 Å². The SMILES string of the molecule is COC(=O)Nc1ccc(-c2cc([C@H](Cc3ccccc3)NC(=O)/C=C/c3cc(Cl)ccc3-n3cnnn3)nnc2CS(C)(=O)=O)cc1. The molecule has 0 aliphatic carbocycles. The van der Waals surface area contributed by atoms with E-state index in [0.29, 0.717) is 45.2 Å². The molecule has 0 aliphatic rings. The number of nitrogens with one attached hydrogen (secondary N) is 2. The van der Waals surface area contributed by atoms with Gasteiger partial charge in [0.05, 0.1) is 36.0 Å². The van der Waals surface area contributed by atoms with Gasteiger partial charge in [-0.1, -0.05) is 54.1 Å². The average Bonchev–Trinajstić information content (AvgIpc) is 3.59. The molecule has 0 fully saturated rings. The average molecular weight is 673 g/mol. The zero-order chi connectivity index (χ0) is 33.4. The number of amides is 2. The number of tetrazole rings is 1. The van der Waals surface area contributed by atoms with Crippen molar-refractivity contribution in [2.45, 2.75) is 18.2 Å². The molecule has 2 amide bonds. The van der Waals surface area contributed by atoms with Crippen molar-refractivity contribution < 1.29 is 22.7 Å². The molecular formula is C32H29ClN8O5S. The number of benzene rings is 3. The van der Waals surface area contributed by atoms with Crippen LogP contribution >= 0.6 is 11.6 Å². The second-order valence-corrected chi connectivity index (χ2v) is 13.0. The van der Waals surface area contributed by atoms with Crippen LogP contribution in [0, 0.1) is 0 Å². The minimum Gasteiger partial charge on any atom is -0.453 e. The van der Waals surface area contributed by atoms with E-state index in [2.05, 4.69) is 41.1 Å². The summed E-state index contributed by atoms with van der Waals surface area (Å²) in [4.78, 5) is 25.0. The molecule has 0 saturated heterocycles. The number of halogens is 1. The van der Waals surface area contributed by atoms with Gasteiger partial charge in [0.25, 0.3) is 0 Å². The van der Waals surface area contributed by atoms with E-state index < -0.39 is 27.9 Å². The first kappa shape index (κ1) is 32.9. The van der Waals surface area contributed by atoms with Crippen molar-refractivity contribution in [3.05, 3.63) is 119 Å². The number of methoxy groups -OCH3 is 1. The summed E-state index contributed by atoms with van der Waals surface area (Å²) in [5.41, 5.74) is 4.44. The minimum absolute atomic E-state index is 0.241. The third kappa shape index (κ3) is 9.05. The van der Waals surface area contributed by atoms with Crippen LogP contribution in [0.1, 0.15) is 28.6 Å². The Labute approximate surface area is 275 Å². The normalized spacial score (nSPS) is 12.1. The van der Waals surface area contributed by atoms with Crippen LogP contribution in [0.4, 0.5) is 10.5 Å². The highest BCUT2D eigenvalue weighted by atomic mass is 35.5. The Balaban J connectivity index is 1.49. The predicted octanol–water partition coefficient (Wildman–Crippen LogP) is 4.61. The van der Waals surface area contributed by atoms with E-state index in [1.54, 1.807) is 54.6 Å². The Kier molecular flexibility index (Phi) is 10.3. The fraction of sp³-hybridized carbons (Fsp3) is 0.156. The molecule has 3 aromatic carbocycles.